The Morgan fingerprint density at radius 2 is 1.52 bits per heavy atom. The van der Waals surface area contributed by atoms with E-state index in [4.69, 9.17) is 33.2 Å². The highest BCUT2D eigenvalue weighted by Crippen LogP contribution is 2.35. The van der Waals surface area contributed by atoms with Gasteiger partial charge >= 0.3 is 5.97 Å². The summed E-state index contributed by atoms with van der Waals surface area (Å²) in [6.45, 7) is 10.8. The van der Waals surface area contributed by atoms with Crippen LogP contribution < -0.4 is 0 Å². The molecule has 0 radical (unpaired) electrons. The van der Waals surface area contributed by atoms with Crippen LogP contribution in [0.5, 0.6) is 0 Å². The Labute approximate surface area is 329 Å². The Hall–Kier alpha value is -1.34. The zero-order valence-electron chi connectivity index (χ0n) is 33.6. The zero-order chi connectivity index (χ0) is 40.4. The molecule has 0 unspecified atom stereocenters. The molecule has 0 amide bonds. The van der Waals surface area contributed by atoms with Gasteiger partial charge in [0.2, 0.25) is 0 Å². The largest absolute Gasteiger partial charge is 0.462 e. The lowest BCUT2D eigenvalue weighted by Gasteiger charge is -2.46. The number of hydrogen-bond acceptors (Lipinski definition) is 14. The van der Waals surface area contributed by atoms with Crippen molar-refractivity contribution < 1.29 is 63.2 Å². The van der Waals surface area contributed by atoms with E-state index in [0.29, 0.717) is 24.6 Å². The lowest BCUT2D eigenvalue weighted by Crippen LogP contribution is -2.63. The lowest BCUT2D eigenvalue weighted by atomic mass is 9.80. The molecule has 2 saturated heterocycles. The third-order valence-electron chi connectivity index (χ3n) is 11.2. The van der Waals surface area contributed by atoms with Crippen molar-refractivity contribution in [3.8, 4) is 0 Å². The van der Waals surface area contributed by atoms with Crippen molar-refractivity contribution in [2.24, 2.45) is 23.7 Å². The molecule has 17 atom stereocenters. The summed E-state index contributed by atoms with van der Waals surface area (Å²) in [6.07, 6.45) is -4.28. The number of ketones is 1. The molecule has 0 spiro atoms. The quantitative estimate of drug-likeness (QED) is 0.176. The number of carbonyl (C=O) groups excluding carboxylic acids is 2. The van der Waals surface area contributed by atoms with E-state index in [1.807, 2.05) is 26.8 Å². The number of aliphatic hydroxyl groups is 4. The number of aliphatic hydroxyl groups excluding tert-OH is 4. The summed E-state index contributed by atoms with van der Waals surface area (Å²) < 4.78 is 42.0. The van der Waals surface area contributed by atoms with Crippen molar-refractivity contribution >= 4 is 27.7 Å². The van der Waals surface area contributed by atoms with E-state index in [2.05, 4.69) is 15.9 Å². The van der Waals surface area contributed by atoms with Crippen LogP contribution in [0.3, 0.4) is 0 Å². The number of alkyl halides is 1. The molecule has 2 fully saturated rings. The first kappa shape index (κ1) is 47.0. The third kappa shape index (κ3) is 12.1. The topological polar surface area (TPSA) is 183 Å². The highest BCUT2D eigenvalue weighted by atomic mass is 79.9. The molecule has 3 aliphatic heterocycles. The molecule has 0 aromatic carbocycles. The minimum atomic E-state index is -1.22. The minimum absolute atomic E-state index is 0.0406. The number of rotatable bonds is 11. The fourth-order valence-corrected chi connectivity index (χ4v) is 8.42. The van der Waals surface area contributed by atoms with Crippen LogP contribution in [0.15, 0.2) is 23.8 Å². The number of cyclic esters (lactones) is 1. The summed E-state index contributed by atoms with van der Waals surface area (Å²) >= 11 is 3.55. The molecular weight excluding hydrogens is 770 g/mol. The van der Waals surface area contributed by atoms with Gasteiger partial charge in [-0.2, -0.15) is 0 Å². The summed E-state index contributed by atoms with van der Waals surface area (Å²) in [6, 6.07) is -0.680. The smallest absolute Gasteiger partial charge is 0.308 e. The molecule has 0 bridgehead atoms. The normalized spacial score (nSPS) is 43.7. The maximum Gasteiger partial charge on any atom is 0.308 e. The number of hydrogen-bond donors (Lipinski definition) is 4. The summed E-state index contributed by atoms with van der Waals surface area (Å²) in [5, 5.41) is 45.0. The average molecular weight is 837 g/mol. The molecule has 312 valence electrons. The number of allylic oxidation sites excluding steroid dienone is 3. The second-order valence-corrected chi connectivity index (χ2v) is 16.2. The molecule has 15 heteroatoms. The maximum atomic E-state index is 13.6. The van der Waals surface area contributed by atoms with Crippen molar-refractivity contribution in [3.05, 3.63) is 23.8 Å². The van der Waals surface area contributed by atoms with Gasteiger partial charge in [0.25, 0.3) is 0 Å². The van der Waals surface area contributed by atoms with Crippen molar-refractivity contribution in [1.82, 2.24) is 4.90 Å². The van der Waals surface area contributed by atoms with Gasteiger partial charge in [0.1, 0.15) is 30.5 Å². The van der Waals surface area contributed by atoms with Gasteiger partial charge in [-0.25, -0.2) is 0 Å². The van der Waals surface area contributed by atoms with Crippen molar-refractivity contribution in [3.63, 3.8) is 0 Å². The van der Waals surface area contributed by atoms with Crippen LogP contribution in [0, 0.1) is 23.7 Å². The van der Waals surface area contributed by atoms with Gasteiger partial charge in [0, 0.05) is 37.3 Å². The van der Waals surface area contributed by atoms with E-state index < -0.39 is 103 Å². The Morgan fingerprint density at radius 1 is 0.889 bits per heavy atom. The van der Waals surface area contributed by atoms with E-state index in [-0.39, 0.29) is 24.7 Å². The van der Waals surface area contributed by atoms with Gasteiger partial charge in [-0.1, -0.05) is 54.4 Å². The van der Waals surface area contributed by atoms with E-state index in [1.54, 1.807) is 51.9 Å². The van der Waals surface area contributed by atoms with Crippen molar-refractivity contribution in [2.75, 3.05) is 40.3 Å². The third-order valence-corrected chi connectivity index (χ3v) is 11.6. The molecule has 3 heterocycles. The zero-order valence-corrected chi connectivity index (χ0v) is 35.2. The van der Waals surface area contributed by atoms with Gasteiger partial charge in [-0.05, 0) is 66.1 Å². The Bertz CT molecular complexity index is 1240. The first-order valence-electron chi connectivity index (χ1n) is 19.2. The average Bonchev–Trinajstić information content (AvgIpc) is 3.12. The highest BCUT2D eigenvalue weighted by Gasteiger charge is 2.48. The maximum absolute atomic E-state index is 13.6. The Balaban J connectivity index is 1.96. The number of nitrogens with zero attached hydrogens (tertiary/aromatic N) is 1. The summed E-state index contributed by atoms with van der Waals surface area (Å²) in [7, 11) is 6.47. The van der Waals surface area contributed by atoms with E-state index >= 15 is 0 Å². The van der Waals surface area contributed by atoms with E-state index in [1.165, 1.54) is 14.2 Å². The summed E-state index contributed by atoms with van der Waals surface area (Å²) in [5.74, 6) is -2.58. The van der Waals surface area contributed by atoms with Crippen LogP contribution in [0.25, 0.3) is 0 Å². The fourth-order valence-electron chi connectivity index (χ4n) is 7.83. The molecular formula is C39H66BrNO13. The van der Waals surface area contributed by atoms with Crippen LogP contribution in [-0.2, 0) is 42.7 Å². The van der Waals surface area contributed by atoms with Gasteiger partial charge in [0.15, 0.2) is 18.4 Å². The number of ether oxygens (including phenoxy) is 7. The molecule has 0 aromatic heterocycles. The second kappa shape index (κ2) is 22.0. The van der Waals surface area contributed by atoms with E-state index in [9.17, 15) is 30.0 Å². The first-order chi connectivity index (χ1) is 25.5. The number of esters is 1. The van der Waals surface area contributed by atoms with Gasteiger partial charge in [-0.3, -0.25) is 9.59 Å². The highest BCUT2D eigenvalue weighted by molar-refractivity contribution is 9.09. The second-order valence-electron chi connectivity index (χ2n) is 15.4. The molecule has 0 saturated carbocycles. The Morgan fingerprint density at radius 3 is 2.11 bits per heavy atom. The van der Waals surface area contributed by atoms with Gasteiger partial charge in [-0.15, -0.1) is 0 Å². The van der Waals surface area contributed by atoms with Gasteiger partial charge in [0.05, 0.1) is 49.6 Å². The Kier molecular flexibility index (Phi) is 19.1. The predicted octanol–water partition coefficient (Wildman–Crippen LogP) is 2.76. The summed E-state index contributed by atoms with van der Waals surface area (Å²) in [5.41, 5.74) is 0.749. The first-order valence-corrected chi connectivity index (χ1v) is 20.3. The van der Waals surface area contributed by atoms with Crippen LogP contribution in [0.2, 0.25) is 0 Å². The monoisotopic (exact) mass is 835 g/mol. The fraction of sp³-hybridized carbons (Fsp3) is 0.846. The number of likely N-dealkylation sites (N-methyl/N-ethyl adjacent to an activating group) is 1. The molecule has 3 aliphatic rings. The molecule has 0 aliphatic carbocycles. The summed E-state index contributed by atoms with van der Waals surface area (Å²) in [4.78, 5) is 28.9. The molecule has 3 rings (SSSR count). The van der Waals surface area contributed by atoms with Crippen LogP contribution in [0.4, 0.5) is 0 Å². The van der Waals surface area contributed by atoms with Gasteiger partial charge < -0.3 is 58.5 Å². The van der Waals surface area contributed by atoms with Crippen molar-refractivity contribution in [1.29, 1.82) is 0 Å². The predicted molar refractivity (Wildman–Crippen MR) is 204 cm³/mol. The van der Waals surface area contributed by atoms with Crippen LogP contribution >= 0.6 is 15.9 Å². The molecule has 4 N–H and O–H groups in total. The lowest BCUT2D eigenvalue weighted by molar-refractivity contribution is -0.304. The SMILES string of the molecule is CC[C@H]1OC(=O)C[C@@H](O)[C@H](C)[C@@H](O[C@@H]2O[C@H](C)[C@@H](O)[C@H](N(C)C)[C@H]2O)[C@@H](CCBr)C[C@@H](C)C(=O)/C=C/C(C)=C/[C@@H]1CO[C@@H]1O[C@H](C)[C@@H](O)[C@@H](OC)[C@H]1OC. The van der Waals surface area contributed by atoms with Crippen LogP contribution in [0.1, 0.15) is 67.2 Å². The van der Waals surface area contributed by atoms with Crippen molar-refractivity contribution in [2.45, 2.75) is 147 Å². The molecule has 14 nitrogen and oxygen atoms in total. The number of methoxy groups -OCH3 is 2. The molecule has 54 heavy (non-hydrogen) atoms. The standard InChI is InChI=1S/C39H66BrNO13/c1-11-29-26(19-50-39-37(49-10)36(48-9)33(46)24(6)52-39)16-20(2)12-13-27(42)21(3)17-25(14-15-40)35(22(4)28(43)18-30(44)53-29)54-38-34(47)31(41(7)8)32(45)23(5)51-38/h12-13,16,21-26,28-29,31-39,43,45-47H,11,14-15,17-19H2,1-10H3/b13-12+,20-16+/t21-,22+,23-,24-,25+,26-,28-,29-,31+,32-,33-,34-,35-,36-,37-,38+,39-/m1/s1. The number of carbonyl (C=O) groups is 2. The molecule has 0 aromatic rings. The van der Waals surface area contributed by atoms with Crippen LogP contribution in [-0.4, -0.2) is 157 Å². The van der Waals surface area contributed by atoms with E-state index in [0.717, 1.165) is 5.57 Å². The number of halogens is 1. The minimum Gasteiger partial charge on any atom is -0.462 e.